The van der Waals surface area contributed by atoms with Gasteiger partial charge in [-0.1, -0.05) is 36.8 Å². The quantitative estimate of drug-likeness (QED) is 0.803. The van der Waals surface area contributed by atoms with Gasteiger partial charge >= 0.3 is 0 Å². The molecular formula is C21H27N3O3S. The van der Waals surface area contributed by atoms with Crippen LogP contribution in [-0.2, 0) is 14.8 Å². The van der Waals surface area contributed by atoms with E-state index in [1.165, 1.54) is 0 Å². The molecule has 7 heteroatoms. The fraction of sp³-hybridized carbons (Fsp3) is 0.476. The van der Waals surface area contributed by atoms with Crippen molar-refractivity contribution < 1.29 is 13.2 Å². The molecule has 1 N–H and O–H groups in total. The van der Waals surface area contributed by atoms with Crippen LogP contribution in [0.15, 0.2) is 53.6 Å². The summed E-state index contributed by atoms with van der Waals surface area (Å²) in [6, 6.07) is 13.5. The number of piperidine rings is 1. The first kappa shape index (κ1) is 19.4. The Kier molecular flexibility index (Phi) is 5.94. The Morgan fingerprint density at radius 1 is 1.07 bits per heavy atom. The van der Waals surface area contributed by atoms with Gasteiger partial charge in [0.25, 0.3) is 0 Å². The number of nitrogens with one attached hydrogen (secondary N) is 1. The van der Waals surface area contributed by atoms with Crippen molar-refractivity contribution >= 4 is 15.8 Å². The highest BCUT2D eigenvalue weighted by Crippen LogP contribution is 2.35. The summed E-state index contributed by atoms with van der Waals surface area (Å²) in [7, 11) is -3.53. The van der Waals surface area contributed by atoms with Gasteiger partial charge in [-0.2, -0.15) is 4.31 Å². The van der Waals surface area contributed by atoms with E-state index < -0.39 is 10.0 Å². The molecular weight excluding hydrogens is 374 g/mol. The topological polar surface area (TPSA) is 71.5 Å². The van der Waals surface area contributed by atoms with Crippen molar-refractivity contribution in [2.75, 3.05) is 31.6 Å². The second kappa shape index (κ2) is 8.59. The number of rotatable bonds is 6. The number of hydrogen-bond acceptors (Lipinski definition) is 5. The summed E-state index contributed by atoms with van der Waals surface area (Å²) in [5.41, 5.74) is 1.16. The van der Waals surface area contributed by atoms with Gasteiger partial charge in [0.05, 0.1) is 6.10 Å². The summed E-state index contributed by atoms with van der Waals surface area (Å²) in [5, 5.41) is 3.30. The highest BCUT2D eigenvalue weighted by atomic mass is 32.2. The fourth-order valence-electron chi connectivity index (χ4n) is 4.06. The van der Waals surface area contributed by atoms with Crippen LogP contribution in [0.1, 0.15) is 37.4 Å². The molecule has 4 rings (SSSR count). The van der Waals surface area contributed by atoms with E-state index in [1.54, 1.807) is 22.6 Å². The first-order chi connectivity index (χ1) is 13.7. The largest absolute Gasteiger partial charge is 0.373 e. The second-order valence-electron chi connectivity index (χ2n) is 7.45. The molecule has 1 aromatic carbocycles. The average molecular weight is 402 g/mol. The molecule has 2 aliphatic heterocycles. The van der Waals surface area contributed by atoms with Crippen molar-refractivity contribution in [2.45, 2.75) is 36.7 Å². The molecule has 2 atom stereocenters. The zero-order chi connectivity index (χ0) is 19.4. The monoisotopic (exact) mass is 401 g/mol. The summed E-state index contributed by atoms with van der Waals surface area (Å²) >= 11 is 0. The number of pyridine rings is 1. The van der Waals surface area contributed by atoms with Crippen LogP contribution in [0.2, 0.25) is 0 Å². The van der Waals surface area contributed by atoms with Crippen molar-refractivity contribution in [3.8, 4) is 0 Å². The number of sulfonamides is 1. The third-order valence-corrected chi connectivity index (χ3v) is 7.51. The first-order valence-corrected chi connectivity index (χ1v) is 11.5. The van der Waals surface area contributed by atoms with Gasteiger partial charge in [0.15, 0.2) is 0 Å². The van der Waals surface area contributed by atoms with Crippen LogP contribution in [-0.4, -0.2) is 43.9 Å². The molecule has 2 fully saturated rings. The van der Waals surface area contributed by atoms with Gasteiger partial charge in [-0.25, -0.2) is 13.4 Å². The summed E-state index contributed by atoms with van der Waals surface area (Å²) in [4.78, 5) is 4.61. The summed E-state index contributed by atoms with van der Waals surface area (Å²) in [5.74, 6) is 0.710. The van der Waals surface area contributed by atoms with E-state index in [9.17, 15) is 8.42 Å². The Morgan fingerprint density at radius 3 is 2.64 bits per heavy atom. The lowest BCUT2D eigenvalue weighted by Gasteiger charge is -2.27. The smallest absolute Gasteiger partial charge is 0.246 e. The van der Waals surface area contributed by atoms with Crippen molar-refractivity contribution in [1.29, 1.82) is 0 Å². The van der Waals surface area contributed by atoms with E-state index in [-0.39, 0.29) is 16.9 Å². The van der Waals surface area contributed by atoms with Crippen molar-refractivity contribution in [1.82, 2.24) is 9.29 Å². The lowest BCUT2D eigenvalue weighted by atomic mass is 9.95. The third-order valence-electron chi connectivity index (χ3n) is 5.58. The lowest BCUT2D eigenvalue weighted by molar-refractivity contribution is 0.0933. The predicted octanol–water partition coefficient (Wildman–Crippen LogP) is 3.45. The molecule has 0 amide bonds. The van der Waals surface area contributed by atoms with E-state index in [0.717, 1.165) is 31.2 Å². The molecule has 1 aromatic heterocycles. The minimum atomic E-state index is -3.53. The van der Waals surface area contributed by atoms with E-state index >= 15 is 0 Å². The molecule has 6 nitrogen and oxygen atoms in total. The maximum atomic E-state index is 13.1. The fourth-order valence-corrected chi connectivity index (χ4v) is 5.69. The number of aromatic nitrogens is 1. The normalized spacial score (nSPS) is 23.6. The van der Waals surface area contributed by atoms with Crippen LogP contribution < -0.4 is 5.32 Å². The first-order valence-electron chi connectivity index (χ1n) is 10.0. The Hall–Kier alpha value is -1.96. The minimum absolute atomic E-state index is 0.0274. The van der Waals surface area contributed by atoms with Crippen LogP contribution in [0.3, 0.4) is 0 Å². The molecule has 0 saturated carbocycles. The van der Waals surface area contributed by atoms with E-state index in [0.29, 0.717) is 32.1 Å². The predicted molar refractivity (Wildman–Crippen MR) is 109 cm³/mol. The van der Waals surface area contributed by atoms with Gasteiger partial charge in [-0.05, 0) is 37.0 Å². The number of nitrogens with zero attached hydrogens (tertiary/aromatic N) is 2. The van der Waals surface area contributed by atoms with E-state index in [1.807, 2.05) is 18.2 Å². The van der Waals surface area contributed by atoms with Gasteiger partial charge < -0.3 is 10.1 Å². The van der Waals surface area contributed by atoms with Gasteiger partial charge in [0.2, 0.25) is 10.0 Å². The highest BCUT2D eigenvalue weighted by Gasteiger charge is 2.31. The summed E-state index contributed by atoms with van der Waals surface area (Å²) in [6.45, 7) is 2.51. The number of anilines is 1. The molecule has 0 radical (unpaired) electrons. The molecule has 0 bridgehead atoms. The molecule has 150 valence electrons. The zero-order valence-electron chi connectivity index (χ0n) is 16.0. The maximum absolute atomic E-state index is 13.1. The SMILES string of the molecule is O=S(=O)(c1cccnc1NCC1CCOC1c1ccccc1)N1CCCCC1. The molecule has 2 aliphatic rings. The minimum Gasteiger partial charge on any atom is -0.373 e. The number of ether oxygens (including phenoxy) is 1. The molecule has 28 heavy (non-hydrogen) atoms. The Labute approximate surface area is 167 Å². The molecule has 0 aliphatic carbocycles. The van der Waals surface area contributed by atoms with Crippen molar-refractivity contribution in [2.24, 2.45) is 5.92 Å². The van der Waals surface area contributed by atoms with Crippen LogP contribution in [0.4, 0.5) is 5.82 Å². The second-order valence-corrected chi connectivity index (χ2v) is 9.35. The number of benzene rings is 1. The molecule has 3 heterocycles. The van der Waals surface area contributed by atoms with Crippen molar-refractivity contribution in [3.05, 3.63) is 54.2 Å². The van der Waals surface area contributed by atoms with E-state index in [2.05, 4.69) is 22.4 Å². The van der Waals surface area contributed by atoms with Crippen LogP contribution in [0.25, 0.3) is 0 Å². The van der Waals surface area contributed by atoms with Crippen LogP contribution in [0, 0.1) is 5.92 Å². The van der Waals surface area contributed by atoms with Gasteiger partial charge in [0.1, 0.15) is 10.7 Å². The molecule has 0 spiro atoms. The Balaban J connectivity index is 1.50. The van der Waals surface area contributed by atoms with Crippen LogP contribution >= 0.6 is 0 Å². The molecule has 2 saturated heterocycles. The zero-order valence-corrected chi connectivity index (χ0v) is 16.8. The van der Waals surface area contributed by atoms with Gasteiger partial charge in [-0.3, -0.25) is 0 Å². The molecule has 2 aromatic rings. The molecule has 2 unspecified atom stereocenters. The van der Waals surface area contributed by atoms with Gasteiger partial charge in [0, 0.05) is 38.4 Å². The van der Waals surface area contributed by atoms with Crippen molar-refractivity contribution in [3.63, 3.8) is 0 Å². The Morgan fingerprint density at radius 2 is 1.86 bits per heavy atom. The van der Waals surface area contributed by atoms with E-state index in [4.69, 9.17) is 4.74 Å². The van der Waals surface area contributed by atoms with Crippen LogP contribution in [0.5, 0.6) is 0 Å². The highest BCUT2D eigenvalue weighted by molar-refractivity contribution is 7.89. The summed E-state index contributed by atoms with van der Waals surface area (Å²) in [6.07, 6.45) is 5.53. The standard InChI is InChI=1S/C21H27N3O3S/c25-28(26,24-13-5-2-6-14-24)19-10-7-12-22-21(19)23-16-18-11-15-27-20(18)17-8-3-1-4-9-17/h1,3-4,7-10,12,18,20H,2,5-6,11,13-16H2,(H,22,23). The Bertz CT molecular complexity index is 883. The van der Waals surface area contributed by atoms with Gasteiger partial charge in [-0.15, -0.1) is 0 Å². The third kappa shape index (κ3) is 4.06. The average Bonchev–Trinajstić information content (AvgIpc) is 3.22. The lowest BCUT2D eigenvalue weighted by Crippen LogP contribution is -2.36. The summed E-state index contributed by atoms with van der Waals surface area (Å²) < 4.78 is 33.8. The number of hydrogen-bond donors (Lipinski definition) is 1. The maximum Gasteiger partial charge on any atom is 0.246 e.